The van der Waals surface area contributed by atoms with Gasteiger partial charge in [-0.25, -0.2) is 5.84 Å². The number of benzene rings is 2. The van der Waals surface area contributed by atoms with Gasteiger partial charge in [-0.05, 0) is 23.3 Å². The van der Waals surface area contributed by atoms with Crippen LogP contribution in [0.5, 0.6) is 5.75 Å². The van der Waals surface area contributed by atoms with Crippen molar-refractivity contribution in [1.82, 2.24) is 15.6 Å². The Morgan fingerprint density at radius 2 is 2.07 bits per heavy atom. The van der Waals surface area contributed by atoms with E-state index in [0.717, 1.165) is 34.9 Å². The number of hydrogen-bond acceptors (Lipinski definition) is 5. The highest BCUT2D eigenvalue weighted by Gasteiger charge is 2.32. The molecule has 0 bridgehead atoms. The molecule has 1 aliphatic rings. The van der Waals surface area contributed by atoms with Crippen molar-refractivity contribution in [2.24, 2.45) is 5.84 Å². The van der Waals surface area contributed by atoms with E-state index in [1.807, 2.05) is 23.1 Å². The maximum atomic E-state index is 12.5. The van der Waals surface area contributed by atoms with Gasteiger partial charge in [0.25, 0.3) is 0 Å². The van der Waals surface area contributed by atoms with Crippen molar-refractivity contribution in [2.75, 3.05) is 19.7 Å². The van der Waals surface area contributed by atoms with Crippen LogP contribution in [0.1, 0.15) is 44.6 Å². The largest absolute Gasteiger partial charge is 0.493 e. The zero-order chi connectivity index (χ0) is 21.3. The lowest BCUT2D eigenvalue weighted by Crippen LogP contribution is -2.56. The van der Waals surface area contributed by atoms with Crippen LogP contribution in [0.4, 0.5) is 0 Å². The number of piperazine rings is 1. The highest BCUT2D eigenvalue weighted by Crippen LogP contribution is 2.31. The van der Waals surface area contributed by atoms with E-state index in [0.29, 0.717) is 26.2 Å². The summed E-state index contributed by atoms with van der Waals surface area (Å²) in [6, 6.07) is 11.7. The second-order valence-corrected chi connectivity index (χ2v) is 7.72. The summed E-state index contributed by atoms with van der Waals surface area (Å²) in [6.07, 6.45) is 4.60. The molecule has 7 heteroatoms. The lowest BCUT2D eigenvalue weighted by atomic mass is 10.0. The summed E-state index contributed by atoms with van der Waals surface area (Å²) in [7, 11) is 0. The number of carbonyl (C=O) groups excluding carboxylic acids is 2. The van der Waals surface area contributed by atoms with Crippen molar-refractivity contribution in [3.63, 3.8) is 0 Å². The maximum Gasteiger partial charge on any atom is 0.237 e. The third-order valence-electron chi connectivity index (χ3n) is 5.60. The van der Waals surface area contributed by atoms with Gasteiger partial charge in [-0.3, -0.25) is 19.9 Å². The number of nitrogens with zero attached hydrogens (tertiary/aromatic N) is 1. The molecule has 1 unspecified atom stereocenters. The number of hydrazine groups is 1. The number of unbranched alkanes of at least 4 members (excludes halogenated alkanes) is 3. The average Bonchev–Trinajstić information content (AvgIpc) is 2.76. The predicted molar refractivity (Wildman–Crippen MR) is 118 cm³/mol. The van der Waals surface area contributed by atoms with Crippen LogP contribution in [-0.2, 0) is 16.1 Å². The molecule has 1 atom stereocenters. The van der Waals surface area contributed by atoms with Crippen LogP contribution in [0.25, 0.3) is 10.8 Å². The first-order chi connectivity index (χ1) is 14.6. The Bertz CT molecular complexity index is 871. The first-order valence-electron chi connectivity index (χ1n) is 10.8. The maximum absolute atomic E-state index is 12.5. The molecule has 3 rings (SSSR count). The highest BCUT2D eigenvalue weighted by molar-refractivity contribution is 5.89. The quantitative estimate of drug-likeness (QED) is 0.241. The monoisotopic (exact) mass is 412 g/mol. The smallest absolute Gasteiger partial charge is 0.237 e. The summed E-state index contributed by atoms with van der Waals surface area (Å²) in [5.41, 5.74) is 3.18. The molecule has 1 fully saturated rings. The Balaban J connectivity index is 1.85. The topological polar surface area (TPSA) is 96.7 Å². The fourth-order valence-electron chi connectivity index (χ4n) is 3.94. The molecule has 1 saturated heterocycles. The van der Waals surface area contributed by atoms with Gasteiger partial charge in [-0.15, -0.1) is 0 Å². The van der Waals surface area contributed by atoms with Crippen LogP contribution in [0, 0.1) is 0 Å². The van der Waals surface area contributed by atoms with E-state index in [1.54, 1.807) is 0 Å². The SMILES string of the molecule is CCCCCCOc1ccc2ccccc2c1CN1CCNC(=O)C1CC(=O)NN. The summed E-state index contributed by atoms with van der Waals surface area (Å²) in [6.45, 7) is 4.61. The molecule has 4 N–H and O–H groups in total. The molecule has 162 valence electrons. The first kappa shape index (κ1) is 22.1. The molecule has 1 aliphatic heterocycles. The van der Waals surface area contributed by atoms with Gasteiger partial charge in [-0.1, -0.05) is 56.5 Å². The number of carbonyl (C=O) groups is 2. The van der Waals surface area contributed by atoms with E-state index in [9.17, 15) is 9.59 Å². The molecule has 2 amide bonds. The molecule has 0 aromatic heterocycles. The van der Waals surface area contributed by atoms with Crippen molar-refractivity contribution >= 4 is 22.6 Å². The zero-order valence-corrected chi connectivity index (χ0v) is 17.7. The number of nitrogens with two attached hydrogens (primary N) is 1. The van der Waals surface area contributed by atoms with Gasteiger partial charge in [0.15, 0.2) is 0 Å². The molecular formula is C23H32N4O3. The van der Waals surface area contributed by atoms with Gasteiger partial charge < -0.3 is 10.1 Å². The molecule has 2 aromatic carbocycles. The predicted octanol–water partition coefficient (Wildman–Crippen LogP) is 2.48. The van der Waals surface area contributed by atoms with Crippen molar-refractivity contribution in [2.45, 2.75) is 51.6 Å². The fraction of sp³-hybridized carbons (Fsp3) is 0.478. The minimum Gasteiger partial charge on any atom is -0.493 e. The molecular weight excluding hydrogens is 380 g/mol. The normalized spacial score (nSPS) is 17.0. The zero-order valence-electron chi connectivity index (χ0n) is 17.7. The summed E-state index contributed by atoms with van der Waals surface area (Å²) in [5, 5.41) is 5.09. The fourth-order valence-corrected chi connectivity index (χ4v) is 3.94. The summed E-state index contributed by atoms with van der Waals surface area (Å²) in [5.74, 6) is 5.60. The van der Waals surface area contributed by atoms with Crippen molar-refractivity contribution < 1.29 is 14.3 Å². The van der Waals surface area contributed by atoms with E-state index < -0.39 is 6.04 Å². The highest BCUT2D eigenvalue weighted by atomic mass is 16.5. The standard InChI is InChI=1S/C23H32N4O3/c1-2-3-4-7-14-30-21-11-10-17-8-5-6-9-18(17)19(21)16-27-13-12-25-23(29)20(27)15-22(28)26-24/h5-6,8-11,20H,2-4,7,12-16,24H2,1H3,(H,25,29)(H,26,28). The third kappa shape index (κ3) is 5.49. The molecule has 1 heterocycles. The number of hydrogen-bond donors (Lipinski definition) is 3. The van der Waals surface area contributed by atoms with Crippen molar-refractivity contribution in [3.8, 4) is 5.75 Å². The molecule has 0 spiro atoms. The first-order valence-corrected chi connectivity index (χ1v) is 10.8. The van der Waals surface area contributed by atoms with Crippen LogP contribution < -0.4 is 21.3 Å². The Kier molecular flexibility index (Phi) is 8.04. The lowest BCUT2D eigenvalue weighted by molar-refractivity contribution is -0.134. The van der Waals surface area contributed by atoms with Crippen LogP contribution in [-0.4, -0.2) is 42.5 Å². The molecule has 2 aromatic rings. The number of fused-ring (bicyclic) bond motifs is 1. The van der Waals surface area contributed by atoms with Gasteiger partial charge in [0.1, 0.15) is 5.75 Å². The minimum absolute atomic E-state index is 0.0281. The van der Waals surface area contributed by atoms with E-state index in [1.165, 1.54) is 12.8 Å². The molecule has 0 aliphatic carbocycles. The summed E-state index contributed by atoms with van der Waals surface area (Å²) < 4.78 is 6.17. The minimum atomic E-state index is -0.557. The van der Waals surface area contributed by atoms with E-state index in [-0.39, 0.29) is 18.2 Å². The van der Waals surface area contributed by atoms with Crippen LogP contribution in [0.2, 0.25) is 0 Å². The van der Waals surface area contributed by atoms with Crippen LogP contribution in [0.15, 0.2) is 36.4 Å². The number of ether oxygens (including phenoxy) is 1. The van der Waals surface area contributed by atoms with E-state index >= 15 is 0 Å². The second kappa shape index (κ2) is 10.9. The lowest BCUT2D eigenvalue weighted by Gasteiger charge is -2.35. The van der Waals surface area contributed by atoms with Gasteiger partial charge in [-0.2, -0.15) is 0 Å². The third-order valence-corrected chi connectivity index (χ3v) is 5.60. The molecule has 7 nitrogen and oxygen atoms in total. The summed E-state index contributed by atoms with van der Waals surface area (Å²) >= 11 is 0. The van der Waals surface area contributed by atoms with Crippen LogP contribution >= 0.6 is 0 Å². The Morgan fingerprint density at radius 1 is 1.23 bits per heavy atom. The van der Waals surface area contributed by atoms with Crippen molar-refractivity contribution in [1.29, 1.82) is 0 Å². The second-order valence-electron chi connectivity index (χ2n) is 7.72. The number of rotatable bonds is 10. The number of nitrogens with one attached hydrogen (secondary N) is 2. The molecule has 0 radical (unpaired) electrons. The van der Waals surface area contributed by atoms with E-state index in [4.69, 9.17) is 10.6 Å². The number of amides is 2. The Hall–Kier alpha value is -2.64. The summed E-state index contributed by atoms with van der Waals surface area (Å²) in [4.78, 5) is 26.4. The van der Waals surface area contributed by atoms with Crippen molar-refractivity contribution in [3.05, 3.63) is 42.0 Å². The molecule has 0 saturated carbocycles. The van der Waals surface area contributed by atoms with Gasteiger partial charge in [0, 0.05) is 25.2 Å². The van der Waals surface area contributed by atoms with Gasteiger partial charge in [0.2, 0.25) is 11.8 Å². The van der Waals surface area contributed by atoms with Gasteiger partial charge >= 0.3 is 0 Å². The Morgan fingerprint density at radius 3 is 2.87 bits per heavy atom. The van der Waals surface area contributed by atoms with Crippen LogP contribution in [0.3, 0.4) is 0 Å². The Labute approximate surface area is 177 Å². The molecule has 30 heavy (non-hydrogen) atoms. The average molecular weight is 413 g/mol. The van der Waals surface area contributed by atoms with E-state index in [2.05, 4.69) is 35.9 Å². The van der Waals surface area contributed by atoms with Gasteiger partial charge in [0.05, 0.1) is 19.1 Å².